The maximum Gasteiger partial charge on any atom is 0.224 e. The first-order chi connectivity index (χ1) is 9.78. The lowest BCUT2D eigenvalue weighted by Gasteiger charge is -2.07. The SMILES string of the molecule is C=CCNc1nccc(NCCc2cccc(Cl)c2)n1. The summed E-state index contributed by atoms with van der Waals surface area (Å²) in [7, 11) is 0. The van der Waals surface area contributed by atoms with Crippen LogP contribution in [0.1, 0.15) is 5.56 Å². The zero-order valence-corrected chi connectivity index (χ0v) is 11.9. The van der Waals surface area contributed by atoms with Gasteiger partial charge in [0.25, 0.3) is 0 Å². The molecular weight excluding hydrogens is 272 g/mol. The predicted octanol–water partition coefficient (Wildman–Crippen LogP) is 3.38. The fourth-order valence-electron chi connectivity index (χ4n) is 1.73. The van der Waals surface area contributed by atoms with Gasteiger partial charge >= 0.3 is 0 Å². The maximum absolute atomic E-state index is 5.95. The molecule has 4 nitrogen and oxygen atoms in total. The van der Waals surface area contributed by atoms with Crippen molar-refractivity contribution in [1.29, 1.82) is 0 Å². The molecule has 0 bridgehead atoms. The number of hydrogen-bond donors (Lipinski definition) is 2. The Morgan fingerprint density at radius 1 is 1.25 bits per heavy atom. The van der Waals surface area contributed by atoms with Crippen LogP contribution >= 0.6 is 11.6 Å². The molecule has 0 amide bonds. The highest BCUT2D eigenvalue weighted by Gasteiger charge is 1.98. The van der Waals surface area contributed by atoms with Crippen LogP contribution in [0.15, 0.2) is 49.2 Å². The van der Waals surface area contributed by atoms with Crippen molar-refractivity contribution in [2.75, 3.05) is 23.7 Å². The second-order valence-corrected chi connectivity index (χ2v) is 4.68. The van der Waals surface area contributed by atoms with Crippen LogP contribution in [0.3, 0.4) is 0 Å². The van der Waals surface area contributed by atoms with E-state index in [1.165, 1.54) is 5.56 Å². The van der Waals surface area contributed by atoms with Crippen molar-refractivity contribution in [2.24, 2.45) is 0 Å². The van der Waals surface area contributed by atoms with E-state index in [0.717, 1.165) is 23.8 Å². The molecule has 5 heteroatoms. The third-order valence-corrected chi connectivity index (χ3v) is 2.90. The summed E-state index contributed by atoms with van der Waals surface area (Å²) in [4.78, 5) is 8.48. The minimum atomic E-state index is 0.595. The number of hydrogen-bond acceptors (Lipinski definition) is 4. The van der Waals surface area contributed by atoms with Crippen LogP contribution in [0.25, 0.3) is 0 Å². The molecule has 2 N–H and O–H groups in total. The van der Waals surface area contributed by atoms with Gasteiger partial charge in [0.1, 0.15) is 5.82 Å². The Labute approximate surface area is 123 Å². The normalized spacial score (nSPS) is 10.1. The molecular formula is C15H17ClN4. The van der Waals surface area contributed by atoms with Gasteiger partial charge in [-0.3, -0.25) is 0 Å². The van der Waals surface area contributed by atoms with Crippen molar-refractivity contribution in [3.8, 4) is 0 Å². The molecule has 0 unspecified atom stereocenters. The summed E-state index contributed by atoms with van der Waals surface area (Å²) in [6.07, 6.45) is 4.38. The highest BCUT2D eigenvalue weighted by atomic mass is 35.5. The quantitative estimate of drug-likeness (QED) is 0.767. The highest BCUT2D eigenvalue weighted by molar-refractivity contribution is 6.30. The van der Waals surface area contributed by atoms with Gasteiger partial charge in [0.15, 0.2) is 0 Å². The predicted molar refractivity (Wildman–Crippen MR) is 84.4 cm³/mol. The third-order valence-electron chi connectivity index (χ3n) is 2.67. The average molecular weight is 289 g/mol. The molecule has 1 heterocycles. The van der Waals surface area contributed by atoms with Crippen LogP contribution in [0.5, 0.6) is 0 Å². The lowest BCUT2D eigenvalue weighted by atomic mass is 10.1. The van der Waals surface area contributed by atoms with E-state index in [4.69, 9.17) is 11.6 Å². The van der Waals surface area contributed by atoms with Crippen LogP contribution in [0, 0.1) is 0 Å². The summed E-state index contributed by atoms with van der Waals surface area (Å²) < 4.78 is 0. The van der Waals surface area contributed by atoms with Crippen LogP contribution in [0.2, 0.25) is 5.02 Å². The number of benzene rings is 1. The lowest BCUT2D eigenvalue weighted by molar-refractivity contribution is 0.998. The monoisotopic (exact) mass is 288 g/mol. The fraction of sp³-hybridized carbons (Fsp3) is 0.200. The van der Waals surface area contributed by atoms with E-state index >= 15 is 0 Å². The number of nitrogens with one attached hydrogen (secondary N) is 2. The summed E-state index contributed by atoms with van der Waals surface area (Å²) in [5.74, 6) is 1.39. The van der Waals surface area contributed by atoms with Crippen molar-refractivity contribution >= 4 is 23.4 Å². The molecule has 0 radical (unpaired) electrons. The number of rotatable bonds is 7. The van der Waals surface area contributed by atoms with E-state index in [9.17, 15) is 0 Å². The lowest BCUT2D eigenvalue weighted by Crippen LogP contribution is -2.09. The van der Waals surface area contributed by atoms with E-state index in [-0.39, 0.29) is 0 Å². The standard InChI is InChI=1S/C15H17ClN4/c1-2-8-18-15-19-10-7-14(20-15)17-9-6-12-4-3-5-13(16)11-12/h2-5,7,10-11H,1,6,8-9H2,(H2,17,18,19,20). The third kappa shape index (κ3) is 4.55. The van der Waals surface area contributed by atoms with Crippen LogP contribution in [0.4, 0.5) is 11.8 Å². The highest BCUT2D eigenvalue weighted by Crippen LogP contribution is 2.11. The van der Waals surface area contributed by atoms with E-state index < -0.39 is 0 Å². The Morgan fingerprint density at radius 3 is 2.95 bits per heavy atom. The van der Waals surface area contributed by atoms with E-state index in [2.05, 4.69) is 33.2 Å². The number of nitrogens with zero attached hydrogens (tertiary/aromatic N) is 2. The molecule has 0 aliphatic rings. The molecule has 0 fully saturated rings. The van der Waals surface area contributed by atoms with Crippen LogP contribution in [-0.2, 0) is 6.42 Å². The van der Waals surface area contributed by atoms with E-state index in [1.807, 2.05) is 24.3 Å². The van der Waals surface area contributed by atoms with Crippen LogP contribution in [-0.4, -0.2) is 23.1 Å². The molecule has 0 aliphatic heterocycles. The topological polar surface area (TPSA) is 49.8 Å². The molecule has 0 atom stereocenters. The summed E-state index contributed by atoms with van der Waals surface area (Å²) in [6, 6.07) is 9.71. The molecule has 1 aromatic heterocycles. The molecule has 0 spiro atoms. The second-order valence-electron chi connectivity index (χ2n) is 4.24. The minimum Gasteiger partial charge on any atom is -0.370 e. The average Bonchev–Trinajstić information content (AvgIpc) is 2.46. The van der Waals surface area contributed by atoms with Crippen molar-refractivity contribution in [1.82, 2.24) is 9.97 Å². The largest absolute Gasteiger partial charge is 0.370 e. The van der Waals surface area contributed by atoms with Crippen LogP contribution < -0.4 is 10.6 Å². The van der Waals surface area contributed by atoms with Gasteiger partial charge in [-0.25, -0.2) is 4.98 Å². The maximum atomic E-state index is 5.95. The van der Waals surface area contributed by atoms with Gasteiger partial charge in [-0.2, -0.15) is 4.98 Å². The van der Waals surface area contributed by atoms with Crippen molar-refractivity contribution in [3.63, 3.8) is 0 Å². The Balaban J connectivity index is 1.86. The first-order valence-electron chi connectivity index (χ1n) is 6.44. The Bertz CT molecular complexity index is 571. The molecule has 0 saturated heterocycles. The zero-order chi connectivity index (χ0) is 14.2. The Hall–Kier alpha value is -2.07. The molecule has 2 rings (SSSR count). The molecule has 1 aromatic carbocycles. The molecule has 20 heavy (non-hydrogen) atoms. The van der Waals surface area contributed by atoms with Gasteiger partial charge in [0, 0.05) is 24.3 Å². The summed E-state index contributed by atoms with van der Waals surface area (Å²) in [5, 5.41) is 7.09. The molecule has 0 saturated carbocycles. The van der Waals surface area contributed by atoms with Gasteiger partial charge in [-0.1, -0.05) is 29.8 Å². The van der Waals surface area contributed by atoms with Gasteiger partial charge in [0.05, 0.1) is 0 Å². The number of anilines is 2. The van der Waals surface area contributed by atoms with Gasteiger partial charge in [0.2, 0.25) is 5.95 Å². The second kappa shape index (κ2) is 7.50. The first-order valence-corrected chi connectivity index (χ1v) is 6.82. The Morgan fingerprint density at radius 2 is 2.15 bits per heavy atom. The number of aromatic nitrogens is 2. The summed E-state index contributed by atoms with van der Waals surface area (Å²) in [6.45, 7) is 5.08. The number of halogens is 1. The fourth-order valence-corrected chi connectivity index (χ4v) is 1.95. The van der Waals surface area contributed by atoms with E-state index in [1.54, 1.807) is 12.3 Å². The first kappa shape index (κ1) is 14.3. The smallest absolute Gasteiger partial charge is 0.224 e. The molecule has 0 aliphatic carbocycles. The van der Waals surface area contributed by atoms with Crippen molar-refractivity contribution in [2.45, 2.75) is 6.42 Å². The van der Waals surface area contributed by atoms with Crippen molar-refractivity contribution < 1.29 is 0 Å². The van der Waals surface area contributed by atoms with E-state index in [0.29, 0.717) is 12.5 Å². The van der Waals surface area contributed by atoms with Gasteiger partial charge in [-0.15, -0.1) is 6.58 Å². The summed E-state index contributed by atoms with van der Waals surface area (Å²) in [5.41, 5.74) is 1.20. The van der Waals surface area contributed by atoms with Gasteiger partial charge < -0.3 is 10.6 Å². The Kier molecular flexibility index (Phi) is 5.38. The van der Waals surface area contributed by atoms with Crippen molar-refractivity contribution in [3.05, 3.63) is 59.8 Å². The zero-order valence-electron chi connectivity index (χ0n) is 11.1. The summed E-state index contributed by atoms with van der Waals surface area (Å²) >= 11 is 5.95. The van der Waals surface area contributed by atoms with Gasteiger partial charge in [-0.05, 0) is 30.2 Å². The molecule has 2 aromatic rings. The molecule has 104 valence electrons. The minimum absolute atomic E-state index is 0.595.